The number of benzene rings is 2. The molecule has 0 radical (unpaired) electrons. The van der Waals surface area contributed by atoms with Gasteiger partial charge in [0.15, 0.2) is 0 Å². The standard InChI is InChI=1S/C21H24FNO2S/c1-15(2)13-20-21(22)19(17-7-5-4-6-8-17)14-23(20)26(24,25)18-11-9-16(3)10-12-18/h4-12,15,20H,13-14H2,1-3H3. The van der Waals surface area contributed by atoms with Gasteiger partial charge in [0.05, 0.1) is 10.9 Å². The Morgan fingerprint density at radius 3 is 2.27 bits per heavy atom. The number of sulfonamides is 1. The van der Waals surface area contributed by atoms with Crippen molar-refractivity contribution >= 4 is 15.6 Å². The first-order valence-electron chi connectivity index (χ1n) is 8.83. The Morgan fingerprint density at radius 2 is 1.69 bits per heavy atom. The van der Waals surface area contributed by atoms with E-state index in [0.717, 1.165) is 11.1 Å². The Morgan fingerprint density at radius 1 is 1.08 bits per heavy atom. The minimum absolute atomic E-state index is 0.0590. The number of rotatable bonds is 5. The Labute approximate surface area is 155 Å². The van der Waals surface area contributed by atoms with Gasteiger partial charge in [0.25, 0.3) is 0 Å². The Kier molecular flexibility index (Phi) is 5.30. The number of halogens is 1. The molecule has 0 bridgehead atoms. The molecule has 0 fully saturated rings. The van der Waals surface area contributed by atoms with Crippen LogP contribution in [0.4, 0.5) is 4.39 Å². The van der Waals surface area contributed by atoms with E-state index in [1.165, 1.54) is 4.31 Å². The second-order valence-corrected chi connectivity index (χ2v) is 9.09. The van der Waals surface area contributed by atoms with E-state index >= 15 is 4.39 Å². The summed E-state index contributed by atoms with van der Waals surface area (Å²) < 4.78 is 42.9. The van der Waals surface area contributed by atoms with Gasteiger partial charge in [-0.3, -0.25) is 0 Å². The highest BCUT2D eigenvalue weighted by molar-refractivity contribution is 7.89. The molecule has 1 aliphatic heterocycles. The molecule has 0 spiro atoms. The van der Waals surface area contributed by atoms with Crippen LogP contribution in [-0.2, 0) is 10.0 Å². The van der Waals surface area contributed by atoms with Crippen molar-refractivity contribution in [1.82, 2.24) is 4.31 Å². The third-order valence-corrected chi connectivity index (χ3v) is 6.56. The molecule has 3 rings (SSSR count). The molecular formula is C21H24FNO2S. The summed E-state index contributed by atoms with van der Waals surface area (Å²) in [5, 5.41) is 0. The maximum atomic E-state index is 15.2. The van der Waals surface area contributed by atoms with Gasteiger partial charge < -0.3 is 0 Å². The van der Waals surface area contributed by atoms with Gasteiger partial charge in [-0.1, -0.05) is 61.9 Å². The Balaban J connectivity index is 2.02. The van der Waals surface area contributed by atoms with Crippen molar-refractivity contribution in [2.24, 2.45) is 5.92 Å². The lowest BCUT2D eigenvalue weighted by molar-refractivity contribution is 0.322. The highest BCUT2D eigenvalue weighted by Gasteiger charge is 2.41. The molecule has 3 nitrogen and oxygen atoms in total. The fourth-order valence-corrected chi connectivity index (χ4v) is 4.87. The second kappa shape index (κ2) is 7.33. The predicted molar refractivity (Wildman–Crippen MR) is 103 cm³/mol. The molecule has 0 amide bonds. The van der Waals surface area contributed by atoms with Crippen molar-refractivity contribution in [1.29, 1.82) is 0 Å². The first-order chi connectivity index (χ1) is 12.3. The lowest BCUT2D eigenvalue weighted by atomic mass is 10.0. The molecule has 5 heteroatoms. The number of aryl methyl sites for hydroxylation is 1. The van der Waals surface area contributed by atoms with Crippen LogP contribution in [-0.4, -0.2) is 25.3 Å². The van der Waals surface area contributed by atoms with E-state index in [0.29, 0.717) is 12.0 Å². The molecule has 2 aromatic rings. The van der Waals surface area contributed by atoms with Gasteiger partial charge in [-0.25, -0.2) is 12.8 Å². The lowest BCUT2D eigenvalue weighted by Crippen LogP contribution is -2.38. The van der Waals surface area contributed by atoms with E-state index < -0.39 is 16.1 Å². The number of hydrogen-bond acceptors (Lipinski definition) is 2. The first-order valence-corrected chi connectivity index (χ1v) is 10.3. The first kappa shape index (κ1) is 18.8. The fourth-order valence-electron chi connectivity index (χ4n) is 3.30. The average molecular weight is 373 g/mol. The van der Waals surface area contributed by atoms with Crippen LogP contribution < -0.4 is 0 Å². The summed E-state index contributed by atoms with van der Waals surface area (Å²) in [6.07, 6.45) is 0.452. The molecule has 1 aliphatic rings. The summed E-state index contributed by atoms with van der Waals surface area (Å²) in [5.74, 6) is -0.155. The molecule has 1 atom stereocenters. The summed E-state index contributed by atoms with van der Waals surface area (Å²) in [4.78, 5) is 0.207. The van der Waals surface area contributed by atoms with Gasteiger partial charge in [-0.15, -0.1) is 0 Å². The van der Waals surface area contributed by atoms with E-state index in [1.54, 1.807) is 24.3 Å². The molecule has 1 heterocycles. The molecule has 2 aromatic carbocycles. The van der Waals surface area contributed by atoms with Crippen molar-refractivity contribution < 1.29 is 12.8 Å². The topological polar surface area (TPSA) is 37.4 Å². The molecule has 1 unspecified atom stereocenters. The highest BCUT2D eigenvalue weighted by Crippen LogP contribution is 2.38. The fraction of sp³-hybridized carbons (Fsp3) is 0.333. The zero-order valence-corrected chi connectivity index (χ0v) is 16.1. The average Bonchev–Trinajstić information content (AvgIpc) is 2.93. The van der Waals surface area contributed by atoms with E-state index in [-0.39, 0.29) is 23.2 Å². The third kappa shape index (κ3) is 3.60. The van der Waals surface area contributed by atoms with E-state index in [9.17, 15) is 8.42 Å². The van der Waals surface area contributed by atoms with Crippen LogP contribution in [0.3, 0.4) is 0 Å². The van der Waals surface area contributed by atoms with Crippen LogP contribution >= 0.6 is 0 Å². The van der Waals surface area contributed by atoms with Crippen LogP contribution in [0.2, 0.25) is 0 Å². The van der Waals surface area contributed by atoms with Gasteiger partial charge in [-0.2, -0.15) is 4.31 Å². The monoisotopic (exact) mass is 373 g/mol. The van der Waals surface area contributed by atoms with Gasteiger partial charge in [0.2, 0.25) is 10.0 Å². The van der Waals surface area contributed by atoms with E-state index in [2.05, 4.69) is 0 Å². The van der Waals surface area contributed by atoms with Crippen molar-refractivity contribution in [3.63, 3.8) is 0 Å². The van der Waals surface area contributed by atoms with Crippen LogP contribution in [0, 0.1) is 12.8 Å². The Hall–Kier alpha value is -1.98. The number of hydrogen-bond donors (Lipinski definition) is 0. The lowest BCUT2D eigenvalue weighted by Gasteiger charge is -2.25. The molecule has 0 aliphatic carbocycles. The summed E-state index contributed by atoms with van der Waals surface area (Å²) in [6, 6.07) is 15.1. The van der Waals surface area contributed by atoms with Crippen LogP contribution in [0.1, 0.15) is 31.4 Å². The van der Waals surface area contributed by atoms with E-state index in [1.807, 2.05) is 51.1 Å². The minimum atomic E-state index is -3.77. The summed E-state index contributed by atoms with van der Waals surface area (Å²) in [7, 11) is -3.77. The van der Waals surface area contributed by atoms with Gasteiger partial charge in [0.1, 0.15) is 5.83 Å². The molecule has 26 heavy (non-hydrogen) atoms. The maximum Gasteiger partial charge on any atom is 0.244 e. The molecule has 0 saturated carbocycles. The molecule has 138 valence electrons. The van der Waals surface area contributed by atoms with Gasteiger partial charge in [-0.05, 0) is 37.0 Å². The summed E-state index contributed by atoms with van der Waals surface area (Å²) in [6.45, 7) is 5.92. The molecule has 0 N–H and O–H groups in total. The van der Waals surface area contributed by atoms with E-state index in [4.69, 9.17) is 0 Å². The largest absolute Gasteiger partial charge is 0.244 e. The summed E-state index contributed by atoms with van der Waals surface area (Å²) >= 11 is 0. The SMILES string of the molecule is Cc1ccc(S(=O)(=O)N2CC(c3ccccc3)=C(F)C2CC(C)C)cc1. The zero-order valence-electron chi connectivity index (χ0n) is 15.3. The molecule has 0 saturated heterocycles. The highest BCUT2D eigenvalue weighted by atomic mass is 32.2. The smallest absolute Gasteiger partial charge is 0.210 e. The Bertz CT molecular complexity index is 903. The van der Waals surface area contributed by atoms with Crippen LogP contribution in [0.5, 0.6) is 0 Å². The van der Waals surface area contributed by atoms with Crippen molar-refractivity contribution in [2.75, 3.05) is 6.54 Å². The normalized spacial score (nSPS) is 18.7. The maximum absolute atomic E-state index is 15.2. The quantitative estimate of drug-likeness (QED) is 0.755. The van der Waals surface area contributed by atoms with Crippen molar-refractivity contribution in [3.05, 3.63) is 71.6 Å². The number of nitrogens with zero attached hydrogens (tertiary/aromatic N) is 1. The second-order valence-electron chi connectivity index (χ2n) is 7.20. The summed E-state index contributed by atoms with van der Waals surface area (Å²) in [5.41, 5.74) is 2.19. The minimum Gasteiger partial charge on any atom is -0.210 e. The zero-order chi connectivity index (χ0) is 18.9. The third-order valence-electron chi connectivity index (χ3n) is 4.69. The van der Waals surface area contributed by atoms with Crippen LogP contribution in [0.25, 0.3) is 5.57 Å². The molecule has 0 aromatic heterocycles. The van der Waals surface area contributed by atoms with Crippen molar-refractivity contribution in [3.8, 4) is 0 Å². The van der Waals surface area contributed by atoms with Gasteiger partial charge in [0, 0.05) is 12.1 Å². The van der Waals surface area contributed by atoms with Crippen LogP contribution in [0.15, 0.2) is 65.3 Å². The van der Waals surface area contributed by atoms with Crippen molar-refractivity contribution in [2.45, 2.75) is 38.1 Å². The van der Waals surface area contributed by atoms with Gasteiger partial charge >= 0.3 is 0 Å². The predicted octanol–water partition coefficient (Wildman–Crippen LogP) is 4.79. The molecular weight excluding hydrogens is 349 g/mol.